The molecular weight excluding hydrogens is 228 g/mol. The van der Waals surface area contributed by atoms with Crippen LogP contribution in [0.1, 0.15) is 31.3 Å². The lowest BCUT2D eigenvalue weighted by molar-refractivity contribution is 0.117. The van der Waals surface area contributed by atoms with Gasteiger partial charge in [-0.15, -0.1) is 0 Å². The molecule has 0 N–H and O–H groups in total. The molecule has 0 saturated carbocycles. The van der Waals surface area contributed by atoms with Gasteiger partial charge >= 0.3 is 0 Å². The van der Waals surface area contributed by atoms with Crippen molar-refractivity contribution in [1.29, 1.82) is 0 Å². The smallest absolute Gasteiger partial charge is 0.138 e. The summed E-state index contributed by atoms with van der Waals surface area (Å²) in [6.07, 6.45) is -0.0208. The van der Waals surface area contributed by atoms with Crippen molar-refractivity contribution in [2.45, 2.75) is 20.0 Å². The predicted molar refractivity (Wildman–Crippen MR) is 72.9 cm³/mol. The van der Waals surface area contributed by atoms with E-state index in [1.807, 2.05) is 32.0 Å². The summed E-state index contributed by atoms with van der Waals surface area (Å²) in [6, 6.07) is 5.92. The van der Waals surface area contributed by atoms with E-state index >= 15 is 0 Å². The molecule has 1 aromatic heterocycles. The zero-order valence-electron chi connectivity index (χ0n) is 11.2. The van der Waals surface area contributed by atoms with Crippen LogP contribution in [0, 0.1) is 0 Å². The molecule has 0 amide bonds. The third-order valence-electron chi connectivity index (χ3n) is 3.08. The SMILES string of the molecule is C=C(C)c1cc2cc([C@@H](C)OC)c(OC)cc2o1. The summed E-state index contributed by atoms with van der Waals surface area (Å²) in [5.41, 5.74) is 2.73. The summed E-state index contributed by atoms with van der Waals surface area (Å²) in [7, 11) is 3.33. The summed E-state index contributed by atoms with van der Waals surface area (Å²) in [6.45, 7) is 7.80. The van der Waals surface area contributed by atoms with Gasteiger partial charge in [0, 0.05) is 24.1 Å². The number of ether oxygens (including phenoxy) is 2. The average molecular weight is 246 g/mol. The van der Waals surface area contributed by atoms with Crippen molar-refractivity contribution in [1.82, 2.24) is 0 Å². The second-order valence-corrected chi connectivity index (χ2v) is 4.40. The monoisotopic (exact) mass is 246 g/mol. The minimum Gasteiger partial charge on any atom is -0.496 e. The summed E-state index contributed by atoms with van der Waals surface area (Å²) in [5.74, 6) is 1.58. The van der Waals surface area contributed by atoms with E-state index in [-0.39, 0.29) is 6.10 Å². The van der Waals surface area contributed by atoms with E-state index in [9.17, 15) is 0 Å². The lowest BCUT2D eigenvalue weighted by Gasteiger charge is -2.14. The second-order valence-electron chi connectivity index (χ2n) is 4.40. The summed E-state index contributed by atoms with van der Waals surface area (Å²) >= 11 is 0. The molecule has 0 aliphatic carbocycles. The Bertz CT molecular complexity index is 581. The Morgan fingerprint density at radius 2 is 2.00 bits per heavy atom. The third kappa shape index (κ3) is 2.14. The molecule has 0 bridgehead atoms. The molecule has 0 spiro atoms. The highest BCUT2D eigenvalue weighted by Gasteiger charge is 2.14. The Labute approximate surface area is 107 Å². The molecule has 2 aromatic rings. The first kappa shape index (κ1) is 12.7. The van der Waals surface area contributed by atoms with Crippen molar-refractivity contribution in [3.05, 3.63) is 36.1 Å². The Morgan fingerprint density at radius 3 is 2.56 bits per heavy atom. The predicted octanol–water partition coefficient (Wildman–Crippen LogP) is 4.18. The number of furan rings is 1. The fourth-order valence-corrected chi connectivity index (χ4v) is 1.92. The molecule has 2 rings (SSSR count). The number of hydrogen-bond acceptors (Lipinski definition) is 3. The van der Waals surface area contributed by atoms with Gasteiger partial charge in [0.2, 0.25) is 0 Å². The van der Waals surface area contributed by atoms with Crippen molar-refractivity contribution in [2.24, 2.45) is 0 Å². The molecule has 96 valence electrons. The Kier molecular flexibility index (Phi) is 3.43. The minimum atomic E-state index is -0.0208. The first-order valence-electron chi connectivity index (χ1n) is 5.87. The maximum atomic E-state index is 5.72. The van der Waals surface area contributed by atoms with Gasteiger partial charge in [0.1, 0.15) is 17.1 Å². The highest BCUT2D eigenvalue weighted by molar-refractivity contribution is 5.83. The second kappa shape index (κ2) is 4.86. The number of allylic oxidation sites excluding steroid dienone is 1. The summed E-state index contributed by atoms with van der Waals surface area (Å²) in [4.78, 5) is 0. The van der Waals surface area contributed by atoms with Crippen molar-refractivity contribution < 1.29 is 13.9 Å². The van der Waals surface area contributed by atoms with Gasteiger partial charge in [0.25, 0.3) is 0 Å². The average Bonchev–Trinajstić information content (AvgIpc) is 2.79. The van der Waals surface area contributed by atoms with E-state index in [2.05, 4.69) is 6.58 Å². The van der Waals surface area contributed by atoms with Crippen LogP contribution in [0.15, 0.2) is 29.2 Å². The van der Waals surface area contributed by atoms with E-state index in [0.29, 0.717) is 0 Å². The first-order valence-corrected chi connectivity index (χ1v) is 5.87. The van der Waals surface area contributed by atoms with Gasteiger partial charge in [0.05, 0.1) is 13.2 Å². The number of hydrogen-bond donors (Lipinski definition) is 0. The van der Waals surface area contributed by atoms with Gasteiger partial charge in [-0.1, -0.05) is 6.58 Å². The van der Waals surface area contributed by atoms with E-state index in [1.165, 1.54) is 0 Å². The largest absolute Gasteiger partial charge is 0.496 e. The molecule has 1 aromatic carbocycles. The van der Waals surface area contributed by atoms with Crippen LogP contribution < -0.4 is 4.74 Å². The zero-order chi connectivity index (χ0) is 13.3. The van der Waals surface area contributed by atoms with Crippen LogP contribution in [0.4, 0.5) is 0 Å². The van der Waals surface area contributed by atoms with Gasteiger partial charge in [0.15, 0.2) is 0 Å². The standard InChI is InChI=1S/C15H18O3/c1-9(2)13-7-11-6-12(10(3)16-4)15(17-5)8-14(11)18-13/h6-8,10H,1H2,2-5H3/t10-/m1/s1. The molecule has 0 saturated heterocycles. The number of methoxy groups -OCH3 is 2. The number of benzene rings is 1. The van der Waals surface area contributed by atoms with Crippen LogP contribution in [0.5, 0.6) is 5.75 Å². The molecule has 3 heteroatoms. The molecule has 0 radical (unpaired) electrons. The fourth-order valence-electron chi connectivity index (χ4n) is 1.92. The highest BCUT2D eigenvalue weighted by atomic mass is 16.5. The molecule has 1 atom stereocenters. The van der Waals surface area contributed by atoms with Gasteiger partial charge < -0.3 is 13.9 Å². The lowest BCUT2D eigenvalue weighted by atomic mass is 10.1. The van der Waals surface area contributed by atoms with E-state index in [1.54, 1.807) is 14.2 Å². The van der Waals surface area contributed by atoms with Crippen molar-refractivity contribution in [3.63, 3.8) is 0 Å². The van der Waals surface area contributed by atoms with Gasteiger partial charge in [-0.05, 0) is 31.6 Å². The zero-order valence-corrected chi connectivity index (χ0v) is 11.2. The van der Waals surface area contributed by atoms with E-state index in [0.717, 1.165) is 33.6 Å². The fraction of sp³-hybridized carbons (Fsp3) is 0.333. The van der Waals surface area contributed by atoms with Gasteiger partial charge in [-0.25, -0.2) is 0 Å². The Balaban J connectivity index is 2.61. The maximum absolute atomic E-state index is 5.72. The van der Waals surface area contributed by atoms with Crippen LogP contribution >= 0.6 is 0 Å². The summed E-state index contributed by atoms with van der Waals surface area (Å²) < 4.78 is 16.5. The van der Waals surface area contributed by atoms with Gasteiger partial charge in [-0.3, -0.25) is 0 Å². The van der Waals surface area contributed by atoms with E-state index in [4.69, 9.17) is 13.9 Å². The maximum Gasteiger partial charge on any atom is 0.138 e. The van der Waals surface area contributed by atoms with Crippen LogP contribution in [0.25, 0.3) is 16.5 Å². The Morgan fingerprint density at radius 1 is 1.28 bits per heavy atom. The lowest BCUT2D eigenvalue weighted by Crippen LogP contribution is -1.99. The quantitative estimate of drug-likeness (QED) is 0.811. The van der Waals surface area contributed by atoms with Crippen molar-refractivity contribution in [2.75, 3.05) is 14.2 Å². The van der Waals surface area contributed by atoms with Gasteiger partial charge in [-0.2, -0.15) is 0 Å². The molecule has 0 aliphatic rings. The molecule has 3 nitrogen and oxygen atoms in total. The highest BCUT2D eigenvalue weighted by Crippen LogP contribution is 2.34. The first-order chi connectivity index (χ1) is 8.56. The Hall–Kier alpha value is -1.74. The van der Waals surface area contributed by atoms with Crippen LogP contribution in [-0.2, 0) is 4.74 Å². The summed E-state index contributed by atoms with van der Waals surface area (Å²) in [5, 5.41) is 1.03. The molecule has 18 heavy (non-hydrogen) atoms. The van der Waals surface area contributed by atoms with Crippen LogP contribution in [0.2, 0.25) is 0 Å². The number of fused-ring (bicyclic) bond motifs is 1. The number of rotatable bonds is 4. The molecule has 1 heterocycles. The topological polar surface area (TPSA) is 31.6 Å². The third-order valence-corrected chi connectivity index (χ3v) is 3.08. The van der Waals surface area contributed by atoms with Crippen molar-refractivity contribution >= 4 is 16.5 Å². The molecule has 0 unspecified atom stereocenters. The molecule has 0 aliphatic heterocycles. The normalized spacial score (nSPS) is 12.7. The van der Waals surface area contributed by atoms with Crippen LogP contribution in [-0.4, -0.2) is 14.2 Å². The van der Waals surface area contributed by atoms with E-state index < -0.39 is 0 Å². The molecular formula is C15H18O3. The molecule has 0 fully saturated rings. The van der Waals surface area contributed by atoms with Crippen LogP contribution in [0.3, 0.4) is 0 Å². The van der Waals surface area contributed by atoms with Crippen molar-refractivity contribution in [3.8, 4) is 5.75 Å². The minimum absolute atomic E-state index is 0.0208.